The number of halogens is 1. The highest BCUT2D eigenvalue weighted by Gasteiger charge is 2.29. The van der Waals surface area contributed by atoms with Crippen LogP contribution in [0, 0.1) is 5.92 Å². The average Bonchev–Trinajstić information content (AvgIpc) is 3.21. The molecule has 0 radical (unpaired) electrons. The summed E-state index contributed by atoms with van der Waals surface area (Å²) >= 11 is 4.98. The summed E-state index contributed by atoms with van der Waals surface area (Å²) in [5, 5.41) is 10.3. The maximum Gasteiger partial charge on any atom is 0.341 e. The van der Waals surface area contributed by atoms with Crippen molar-refractivity contribution in [3.63, 3.8) is 0 Å². The van der Waals surface area contributed by atoms with Gasteiger partial charge >= 0.3 is 5.97 Å². The van der Waals surface area contributed by atoms with Gasteiger partial charge in [0.1, 0.15) is 16.3 Å². The molecular formula is C24H25BrN2O5S. The van der Waals surface area contributed by atoms with E-state index in [9.17, 15) is 14.7 Å². The molecule has 3 heterocycles. The van der Waals surface area contributed by atoms with Crippen LogP contribution in [0.5, 0.6) is 5.75 Å². The Labute approximate surface area is 204 Å². The van der Waals surface area contributed by atoms with E-state index in [0.29, 0.717) is 25.3 Å². The molecule has 9 heteroatoms. The van der Waals surface area contributed by atoms with Crippen molar-refractivity contribution in [3.05, 3.63) is 55.7 Å². The Morgan fingerprint density at radius 3 is 2.73 bits per heavy atom. The number of ether oxygens (including phenoxy) is 2. The second kappa shape index (κ2) is 9.79. The van der Waals surface area contributed by atoms with Crippen molar-refractivity contribution in [1.29, 1.82) is 0 Å². The van der Waals surface area contributed by atoms with Crippen LogP contribution in [0.1, 0.15) is 42.2 Å². The number of fused-ring (bicyclic) bond motifs is 3. The predicted octanol–water partition coefficient (Wildman–Crippen LogP) is 5.27. The number of methoxy groups -OCH3 is 1. The molecule has 1 aliphatic rings. The van der Waals surface area contributed by atoms with Crippen LogP contribution in [-0.4, -0.2) is 41.0 Å². The molecule has 1 aliphatic heterocycles. The third-order valence-corrected chi connectivity index (χ3v) is 7.31. The highest BCUT2D eigenvalue weighted by molar-refractivity contribution is 9.11. The van der Waals surface area contributed by atoms with E-state index in [2.05, 4.69) is 34.8 Å². The third kappa shape index (κ3) is 4.76. The van der Waals surface area contributed by atoms with Gasteiger partial charge in [0.05, 0.1) is 27.8 Å². The van der Waals surface area contributed by atoms with E-state index < -0.39 is 11.4 Å². The third-order valence-electron chi connectivity index (χ3n) is 5.81. The van der Waals surface area contributed by atoms with Crippen LogP contribution in [-0.2, 0) is 11.2 Å². The van der Waals surface area contributed by atoms with Crippen molar-refractivity contribution in [2.45, 2.75) is 32.7 Å². The van der Waals surface area contributed by atoms with Gasteiger partial charge in [-0.15, -0.1) is 11.3 Å². The molecule has 1 N–H and O–H groups in total. The van der Waals surface area contributed by atoms with Crippen molar-refractivity contribution < 1.29 is 19.4 Å². The zero-order chi connectivity index (χ0) is 23.7. The van der Waals surface area contributed by atoms with E-state index in [0.717, 1.165) is 37.7 Å². The Balaban J connectivity index is 1.89. The summed E-state index contributed by atoms with van der Waals surface area (Å²) < 4.78 is 14.1. The number of hydrogen-bond donors (Lipinski definition) is 1. The molecule has 33 heavy (non-hydrogen) atoms. The van der Waals surface area contributed by atoms with Gasteiger partial charge in [0, 0.05) is 44.0 Å². The second-order valence-corrected chi connectivity index (χ2v) is 10.7. The molecule has 174 valence electrons. The molecule has 7 nitrogen and oxygen atoms in total. The Kier molecular flexibility index (Phi) is 7.02. The van der Waals surface area contributed by atoms with Crippen LogP contribution in [0.4, 0.5) is 0 Å². The minimum absolute atomic E-state index is 0.0207. The van der Waals surface area contributed by atoms with E-state index in [1.165, 1.54) is 23.6 Å². The average molecular weight is 533 g/mol. The summed E-state index contributed by atoms with van der Waals surface area (Å²) in [6.07, 6.45) is 4.71. The molecule has 0 aliphatic carbocycles. The largest absolute Gasteiger partial charge is 0.493 e. The summed E-state index contributed by atoms with van der Waals surface area (Å²) in [7, 11) is 1.67. The fraction of sp³-hybridized carbons (Fsp3) is 0.375. The maximum absolute atomic E-state index is 12.6. The number of carbonyl (C=O) groups is 1. The number of thiazole rings is 1. The van der Waals surface area contributed by atoms with Gasteiger partial charge < -0.3 is 19.1 Å². The standard InChI is InChI=1S/C24H25BrN2O5S/c1-13(2)18-7-14-8-21(32-6-4-5-31-3)16(23-26-11-22(25)33-23)9-15(14)19-10-20(28)17(24(29)30)12-27(18)19/h8-13,18H,4-7H2,1-3H3,(H,29,30). The van der Waals surface area contributed by atoms with Gasteiger partial charge in [-0.1, -0.05) is 13.8 Å². The lowest BCUT2D eigenvalue weighted by Crippen LogP contribution is -2.28. The van der Waals surface area contributed by atoms with Gasteiger partial charge in [-0.2, -0.15) is 0 Å². The molecular weight excluding hydrogens is 508 g/mol. The molecule has 0 saturated carbocycles. The van der Waals surface area contributed by atoms with Crippen LogP contribution < -0.4 is 10.2 Å². The summed E-state index contributed by atoms with van der Waals surface area (Å²) in [6.45, 7) is 5.32. The SMILES string of the molecule is COCCCOc1cc2c(cc1-c1ncc(Br)s1)-c1cc(=O)c(C(=O)O)cn1C(C(C)C)C2. The number of nitrogens with zero attached hydrogens (tertiary/aromatic N) is 2. The Morgan fingerprint density at radius 1 is 1.30 bits per heavy atom. The normalized spacial score (nSPS) is 14.8. The fourth-order valence-electron chi connectivity index (χ4n) is 4.16. The van der Waals surface area contributed by atoms with Gasteiger partial charge in [-0.3, -0.25) is 4.79 Å². The molecule has 0 spiro atoms. The number of carboxylic acid groups (broad SMARTS) is 1. The number of benzene rings is 1. The highest BCUT2D eigenvalue weighted by Crippen LogP contribution is 2.44. The highest BCUT2D eigenvalue weighted by atomic mass is 79.9. The predicted molar refractivity (Wildman–Crippen MR) is 131 cm³/mol. The molecule has 0 saturated heterocycles. The van der Waals surface area contributed by atoms with Crippen LogP contribution >= 0.6 is 27.3 Å². The molecule has 2 aromatic heterocycles. The van der Waals surface area contributed by atoms with E-state index in [1.54, 1.807) is 13.3 Å². The fourth-order valence-corrected chi connectivity index (χ4v) is 5.39. The van der Waals surface area contributed by atoms with Gasteiger partial charge in [0.25, 0.3) is 0 Å². The van der Waals surface area contributed by atoms with Crippen LogP contribution in [0.2, 0.25) is 0 Å². The van der Waals surface area contributed by atoms with Crippen molar-refractivity contribution in [3.8, 4) is 27.6 Å². The lowest BCUT2D eigenvalue weighted by atomic mass is 9.86. The first-order valence-electron chi connectivity index (χ1n) is 10.7. The minimum Gasteiger partial charge on any atom is -0.493 e. The maximum atomic E-state index is 12.6. The Hall–Kier alpha value is -2.49. The van der Waals surface area contributed by atoms with Crippen LogP contribution in [0.25, 0.3) is 21.8 Å². The first kappa shape index (κ1) is 23.7. The molecule has 1 atom stereocenters. The molecule has 1 unspecified atom stereocenters. The summed E-state index contributed by atoms with van der Waals surface area (Å²) in [5.74, 6) is -0.231. The lowest BCUT2D eigenvalue weighted by molar-refractivity contribution is 0.0694. The first-order chi connectivity index (χ1) is 15.8. The zero-order valence-corrected chi connectivity index (χ0v) is 21.0. The van der Waals surface area contributed by atoms with Crippen molar-refractivity contribution in [2.75, 3.05) is 20.3 Å². The van der Waals surface area contributed by atoms with E-state index >= 15 is 0 Å². The molecule has 3 aromatic rings. The summed E-state index contributed by atoms with van der Waals surface area (Å²) in [6, 6.07) is 5.51. The molecule has 1 aromatic carbocycles. The van der Waals surface area contributed by atoms with Crippen molar-refractivity contribution in [1.82, 2.24) is 9.55 Å². The van der Waals surface area contributed by atoms with E-state index in [1.807, 2.05) is 16.7 Å². The van der Waals surface area contributed by atoms with Gasteiger partial charge in [-0.25, -0.2) is 9.78 Å². The second-order valence-electron chi connectivity index (χ2n) is 8.33. The topological polar surface area (TPSA) is 90.7 Å². The lowest BCUT2D eigenvalue weighted by Gasteiger charge is -2.34. The molecule has 0 amide bonds. The molecule has 4 rings (SSSR count). The number of pyridine rings is 1. The summed E-state index contributed by atoms with van der Waals surface area (Å²) in [4.78, 5) is 28.7. The number of aromatic nitrogens is 2. The monoisotopic (exact) mass is 532 g/mol. The Bertz CT molecular complexity index is 1250. The van der Waals surface area contributed by atoms with Gasteiger partial charge in [0.2, 0.25) is 0 Å². The molecule has 0 fully saturated rings. The van der Waals surface area contributed by atoms with Crippen molar-refractivity contribution >= 4 is 33.2 Å². The smallest absolute Gasteiger partial charge is 0.341 e. The van der Waals surface area contributed by atoms with Crippen molar-refractivity contribution in [2.24, 2.45) is 5.92 Å². The zero-order valence-electron chi connectivity index (χ0n) is 18.6. The first-order valence-corrected chi connectivity index (χ1v) is 12.3. The number of carboxylic acids is 1. The Morgan fingerprint density at radius 2 is 2.09 bits per heavy atom. The summed E-state index contributed by atoms with van der Waals surface area (Å²) in [5.41, 5.74) is 2.81. The van der Waals surface area contributed by atoms with Crippen LogP contribution in [0.3, 0.4) is 0 Å². The van der Waals surface area contributed by atoms with Gasteiger partial charge in [-0.05, 0) is 46.0 Å². The quantitative estimate of drug-likeness (QED) is 0.397. The number of hydrogen-bond acceptors (Lipinski definition) is 6. The van der Waals surface area contributed by atoms with E-state index in [-0.39, 0.29) is 17.5 Å². The molecule has 0 bridgehead atoms. The van der Waals surface area contributed by atoms with Gasteiger partial charge in [0.15, 0.2) is 5.43 Å². The van der Waals surface area contributed by atoms with E-state index in [4.69, 9.17) is 9.47 Å². The number of aromatic carboxylic acids is 1. The minimum atomic E-state index is -1.21. The van der Waals surface area contributed by atoms with Crippen LogP contribution in [0.15, 0.2) is 39.2 Å². The number of rotatable bonds is 8.